The Balaban J connectivity index is 2.08. The third-order valence-electron chi connectivity index (χ3n) is 4.42. The van der Waals surface area contributed by atoms with Crippen LogP contribution in [0.1, 0.15) is 25.3 Å². The average Bonchev–Trinajstić information content (AvgIpc) is 2.69. The van der Waals surface area contributed by atoms with Crippen LogP contribution in [0.4, 0.5) is 5.69 Å². The molecule has 2 rings (SSSR count). The fraction of sp³-hybridized carbons (Fsp3) is 0.381. The molecule has 0 spiro atoms. The van der Waals surface area contributed by atoms with Gasteiger partial charge in [0.25, 0.3) is 0 Å². The van der Waals surface area contributed by atoms with Gasteiger partial charge in [-0.3, -0.25) is 9.10 Å². The Bertz CT molecular complexity index is 869. The van der Waals surface area contributed by atoms with Gasteiger partial charge >= 0.3 is 0 Å². The number of methoxy groups -OCH3 is 1. The summed E-state index contributed by atoms with van der Waals surface area (Å²) < 4.78 is 31.3. The first-order valence-electron chi connectivity index (χ1n) is 9.32. The maximum atomic E-state index is 12.8. The number of hydrogen-bond donors (Lipinski definition) is 1. The lowest BCUT2D eigenvalue weighted by atomic mass is 10.1. The molecule has 6 nitrogen and oxygen atoms in total. The molecule has 0 aliphatic carbocycles. The molecule has 0 radical (unpaired) electrons. The van der Waals surface area contributed by atoms with Crippen molar-refractivity contribution in [2.75, 3.05) is 24.2 Å². The van der Waals surface area contributed by atoms with Gasteiger partial charge in [0.1, 0.15) is 11.8 Å². The number of nitrogens with zero attached hydrogens (tertiary/aromatic N) is 1. The Morgan fingerprint density at radius 2 is 1.86 bits per heavy atom. The molecule has 0 aliphatic rings. The summed E-state index contributed by atoms with van der Waals surface area (Å²) in [6.45, 7) is 2.28. The second-order valence-corrected chi connectivity index (χ2v) is 8.42. The van der Waals surface area contributed by atoms with Gasteiger partial charge in [-0.05, 0) is 37.0 Å². The van der Waals surface area contributed by atoms with Crippen LogP contribution in [0, 0.1) is 0 Å². The molecule has 0 aliphatic heterocycles. The third kappa shape index (κ3) is 5.99. The monoisotopic (exact) mass is 404 g/mol. The van der Waals surface area contributed by atoms with Gasteiger partial charge in [0.05, 0.1) is 19.1 Å². The van der Waals surface area contributed by atoms with Crippen molar-refractivity contribution >= 4 is 21.6 Å². The van der Waals surface area contributed by atoms with E-state index < -0.39 is 16.1 Å². The Labute approximate surface area is 167 Å². The molecular weight excluding hydrogens is 376 g/mol. The molecule has 0 bridgehead atoms. The van der Waals surface area contributed by atoms with Gasteiger partial charge in [-0.2, -0.15) is 0 Å². The van der Waals surface area contributed by atoms with Crippen LogP contribution in [0.5, 0.6) is 5.75 Å². The zero-order valence-electron chi connectivity index (χ0n) is 16.6. The minimum absolute atomic E-state index is 0.302. The van der Waals surface area contributed by atoms with Crippen LogP contribution < -0.4 is 14.4 Å². The van der Waals surface area contributed by atoms with E-state index in [2.05, 4.69) is 5.32 Å². The standard InChI is InChI=1S/C21H28N2O4S/c1-4-20(21(24)22-15-9-12-17-10-6-5-7-11-17)23(28(3,25)26)18-13-8-14-19(16-18)27-2/h5-8,10-11,13-14,16,20H,4,9,12,15H2,1-3H3,(H,22,24)/t20-/m0/s1. The number of carbonyl (C=O) groups is 1. The van der Waals surface area contributed by atoms with Crippen molar-refractivity contribution in [2.45, 2.75) is 32.2 Å². The Hall–Kier alpha value is -2.54. The first-order chi connectivity index (χ1) is 13.4. The summed E-state index contributed by atoms with van der Waals surface area (Å²) in [5.74, 6) is 0.230. The van der Waals surface area contributed by atoms with E-state index >= 15 is 0 Å². The summed E-state index contributed by atoms with van der Waals surface area (Å²) in [5, 5.41) is 2.88. The van der Waals surface area contributed by atoms with Crippen molar-refractivity contribution in [3.8, 4) is 5.75 Å². The van der Waals surface area contributed by atoms with Crippen LogP contribution >= 0.6 is 0 Å². The fourth-order valence-electron chi connectivity index (χ4n) is 3.07. The number of anilines is 1. The Morgan fingerprint density at radius 3 is 2.46 bits per heavy atom. The van der Waals surface area contributed by atoms with Gasteiger partial charge in [-0.1, -0.05) is 43.3 Å². The molecule has 7 heteroatoms. The highest BCUT2D eigenvalue weighted by Crippen LogP contribution is 2.26. The number of aryl methyl sites for hydroxylation is 1. The summed E-state index contributed by atoms with van der Waals surface area (Å²) >= 11 is 0. The topological polar surface area (TPSA) is 75.7 Å². The molecule has 0 fully saturated rings. The van der Waals surface area contributed by atoms with E-state index in [1.807, 2.05) is 30.3 Å². The van der Waals surface area contributed by atoms with Gasteiger partial charge in [-0.25, -0.2) is 8.42 Å². The van der Waals surface area contributed by atoms with Crippen molar-refractivity contribution in [1.82, 2.24) is 5.32 Å². The molecule has 28 heavy (non-hydrogen) atoms. The molecule has 0 heterocycles. The summed E-state index contributed by atoms with van der Waals surface area (Å²) in [7, 11) is -2.14. The largest absolute Gasteiger partial charge is 0.497 e. The quantitative estimate of drug-likeness (QED) is 0.618. The number of hydrogen-bond acceptors (Lipinski definition) is 4. The van der Waals surface area contributed by atoms with E-state index in [1.54, 1.807) is 31.2 Å². The van der Waals surface area contributed by atoms with Crippen LogP contribution in [-0.2, 0) is 21.2 Å². The fourth-order valence-corrected chi connectivity index (χ4v) is 4.28. The van der Waals surface area contributed by atoms with Crippen LogP contribution in [0.15, 0.2) is 54.6 Å². The van der Waals surface area contributed by atoms with Gasteiger partial charge < -0.3 is 10.1 Å². The molecule has 152 valence electrons. The second kappa shape index (κ2) is 10.1. The first-order valence-corrected chi connectivity index (χ1v) is 11.2. The molecule has 2 aromatic carbocycles. The SMILES string of the molecule is CC[C@@H](C(=O)NCCCc1ccccc1)N(c1cccc(OC)c1)S(C)(=O)=O. The van der Waals surface area contributed by atoms with Gasteiger partial charge in [0.15, 0.2) is 0 Å². The minimum Gasteiger partial charge on any atom is -0.497 e. The normalized spacial score (nSPS) is 12.2. The molecule has 1 amide bonds. The second-order valence-electron chi connectivity index (χ2n) is 6.56. The molecule has 0 saturated heterocycles. The van der Waals surface area contributed by atoms with Gasteiger partial charge in [0.2, 0.25) is 15.9 Å². The zero-order valence-corrected chi connectivity index (χ0v) is 17.4. The highest BCUT2D eigenvalue weighted by molar-refractivity contribution is 7.92. The molecule has 2 aromatic rings. The van der Waals surface area contributed by atoms with Crippen molar-refractivity contribution in [1.29, 1.82) is 0 Å². The van der Waals surface area contributed by atoms with Crippen molar-refractivity contribution < 1.29 is 17.9 Å². The molecule has 0 unspecified atom stereocenters. The molecule has 1 atom stereocenters. The summed E-state index contributed by atoms with van der Waals surface area (Å²) in [5.41, 5.74) is 1.62. The van der Waals surface area contributed by atoms with Crippen LogP contribution in [-0.4, -0.2) is 40.3 Å². The molecule has 0 aromatic heterocycles. The summed E-state index contributed by atoms with van der Waals surface area (Å²) in [4.78, 5) is 12.8. The third-order valence-corrected chi connectivity index (χ3v) is 5.60. The maximum Gasteiger partial charge on any atom is 0.243 e. The van der Waals surface area contributed by atoms with E-state index in [4.69, 9.17) is 4.74 Å². The van der Waals surface area contributed by atoms with E-state index in [-0.39, 0.29) is 5.91 Å². The number of benzene rings is 2. The van der Waals surface area contributed by atoms with Crippen LogP contribution in [0.2, 0.25) is 0 Å². The lowest BCUT2D eigenvalue weighted by molar-refractivity contribution is -0.122. The predicted molar refractivity (Wildman–Crippen MR) is 112 cm³/mol. The van der Waals surface area contributed by atoms with Crippen molar-refractivity contribution in [3.05, 3.63) is 60.2 Å². The van der Waals surface area contributed by atoms with Crippen molar-refractivity contribution in [3.63, 3.8) is 0 Å². The number of carbonyl (C=O) groups excluding carboxylic acids is 1. The van der Waals surface area contributed by atoms with Gasteiger partial charge in [0, 0.05) is 12.6 Å². The van der Waals surface area contributed by atoms with E-state index in [1.165, 1.54) is 17.0 Å². The summed E-state index contributed by atoms with van der Waals surface area (Å²) in [6, 6.07) is 15.9. The Kier molecular flexibility index (Phi) is 7.87. The van der Waals surface area contributed by atoms with Crippen molar-refractivity contribution in [2.24, 2.45) is 0 Å². The minimum atomic E-state index is -3.66. The Morgan fingerprint density at radius 1 is 1.14 bits per heavy atom. The number of ether oxygens (including phenoxy) is 1. The van der Waals surface area contributed by atoms with E-state index in [9.17, 15) is 13.2 Å². The average molecular weight is 405 g/mol. The van der Waals surface area contributed by atoms with E-state index in [0.717, 1.165) is 19.1 Å². The number of amides is 1. The smallest absolute Gasteiger partial charge is 0.243 e. The molecule has 1 N–H and O–H groups in total. The van der Waals surface area contributed by atoms with Crippen LogP contribution in [0.25, 0.3) is 0 Å². The lowest BCUT2D eigenvalue weighted by Crippen LogP contribution is -2.49. The zero-order chi connectivity index (χ0) is 20.6. The van der Waals surface area contributed by atoms with Gasteiger partial charge in [-0.15, -0.1) is 0 Å². The highest BCUT2D eigenvalue weighted by atomic mass is 32.2. The highest BCUT2D eigenvalue weighted by Gasteiger charge is 2.31. The molecular formula is C21H28N2O4S. The number of nitrogens with one attached hydrogen (secondary N) is 1. The predicted octanol–water partition coefficient (Wildman–Crippen LogP) is 2.99. The van der Waals surface area contributed by atoms with E-state index in [0.29, 0.717) is 24.4 Å². The lowest BCUT2D eigenvalue weighted by Gasteiger charge is -2.30. The number of rotatable bonds is 10. The van der Waals surface area contributed by atoms with Crippen LogP contribution in [0.3, 0.4) is 0 Å². The first kappa shape index (κ1) is 21.8. The number of sulfonamides is 1. The molecule has 0 saturated carbocycles. The maximum absolute atomic E-state index is 12.8. The summed E-state index contributed by atoms with van der Waals surface area (Å²) in [6.07, 6.45) is 3.10.